The van der Waals surface area contributed by atoms with Gasteiger partial charge in [0.15, 0.2) is 16.7 Å². The van der Waals surface area contributed by atoms with E-state index in [4.69, 9.17) is 14.5 Å². The van der Waals surface area contributed by atoms with E-state index in [0.717, 1.165) is 32.2 Å². The summed E-state index contributed by atoms with van der Waals surface area (Å²) in [5.74, 6) is 1.21. The summed E-state index contributed by atoms with van der Waals surface area (Å²) in [7, 11) is 0. The van der Waals surface area contributed by atoms with E-state index in [0.29, 0.717) is 41.3 Å². The van der Waals surface area contributed by atoms with Gasteiger partial charge in [-0.15, -0.1) is 0 Å². The van der Waals surface area contributed by atoms with Crippen LogP contribution in [0.1, 0.15) is 37.0 Å². The molecule has 0 saturated carbocycles. The number of rotatable bonds is 9. The van der Waals surface area contributed by atoms with E-state index in [-0.39, 0.29) is 5.91 Å². The van der Waals surface area contributed by atoms with E-state index < -0.39 is 0 Å². The number of carbonyl (C=O) groups is 1. The molecule has 0 N–H and O–H groups in total. The Morgan fingerprint density at radius 3 is 2.41 bits per heavy atom. The molecule has 1 amide bonds. The molecule has 0 spiro atoms. The van der Waals surface area contributed by atoms with Crippen LogP contribution in [0.25, 0.3) is 6.08 Å². The van der Waals surface area contributed by atoms with Gasteiger partial charge in [-0.25, -0.2) is 4.99 Å². The lowest BCUT2D eigenvalue weighted by Crippen LogP contribution is -2.29. The normalized spacial score (nSPS) is 15.6. The van der Waals surface area contributed by atoms with E-state index >= 15 is 0 Å². The monoisotopic (exact) mass is 642 g/mol. The number of amides is 1. The van der Waals surface area contributed by atoms with Crippen molar-refractivity contribution in [3.8, 4) is 11.5 Å². The number of thioether (sulfide) groups is 1. The predicted molar refractivity (Wildman–Crippen MR) is 160 cm³/mol. The quantitative estimate of drug-likeness (QED) is 0.219. The molecule has 1 saturated heterocycles. The van der Waals surface area contributed by atoms with Crippen LogP contribution < -0.4 is 9.47 Å². The summed E-state index contributed by atoms with van der Waals surface area (Å²) in [6, 6.07) is 19.8. The summed E-state index contributed by atoms with van der Waals surface area (Å²) in [6.45, 7) is 7.55. The Kier molecular flexibility index (Phi) is 9.51. The average Bonchev–Trinajstić information content (AvgIpc) is 3.15. The SMILES string of the molecule is CCCN1C(=O)/C(=C\c2cc(Br)c(OCc3ccc(Br)cc3)c(OCC)c2)SC1=Nc1ccc(C)cc1. The van der Waals surface area contributed by atoms with Crippen molar-refractivity contribution >= 4 is 66.5 Å². The number of amidine groups is 1. The Balaban J connectivity index is 1.61. The molecule has 4 rings (SSSR count). The van der Waals surface area contributed by atoms with Gasteiger partial charge in [0.1, 0.15) is 6.61 Å². The zero-order valence-corrected chi connectivity index (χ0v) is 25.0. The van der Waals surface area contributed by atoms with E-state index in [1.54, 1.807) is 4.90 Å². The second-order valence-electron chi connectivity index (χ2n) is 8.48. The van der Waals surface area contributed by atoms with Crippen LogP contribution in [0.2, 0.25) is 0 Å². The van der Waals surface area contributed by atoms with Crippen molar-refractivity contribution in [2.75, 3.05) is 13.2 Å². The van der Waals surface area contributed by atoms with E-state index in [9.17, 15) is 4.79 Å². The lowest BCUT2D eigenvalue weighted by atomic mass is 10.1. The number of ether oxygens (including phenoxy) is 2. The van der Waals surface area contributed by atoms with Crippen LogP contribution in [0.5, 0.6) is 11.5 Å². The third kappa shape index (κ3) is 7.06. The molecule has 192 valence electrons. The average molecular weight is 644 g/mol. The molecule has 5 nitrogen and oxygen atoms in total. The summed E-state index contributed by atoms with van der Waals surface area (Å²) >= 11 is 8.50. The number of nitrogens with zero attached hydrogens (tertiary/aromatic N) is 2. The van der Waals surface area contributed by atoms with Crippen molar-refractivity contribution in [2.24, 2.45) is 4.99 Å². The number of halogens is 2. The zero-order valence-electron chi connectivity index (χ0n) is 21.0. The molecular formula is C29H28Br2N2O3S. The molecule has 37 heavy (non-hydrogen) atoms. The first-order valence-electron chi connectivity index (χ1n) is 12.1. The third-order valence-corrected chi connectivity index (χ3v) is 7.64. The van der Waals surface area contributed by atoms with Crippen molar-refractivity contribution in [1.29, 1.82) is 0 Å². The largest absolute Gasteiger partial charge is 0.490 e. The predicted octanol–water partition coefficient (Wildman–Crippen LogP) is 8.51. The van der Waals surface area contributed by atoms with E-state index in [2.05, 4.69) is 38.8 Å². The highest BCUT2D eigenvalue weighted by Crippen LogP contribution is 2.40. The van der Waals surface area contributed by atoms with Crippen LogP contribution >= 0.6 is 43.6 Å². The third-order valence-electron chi connectivity index (χ3n) is 5.52. The first-order valence-corrected chi connectivity index (χ1v) is 14.5. The molecule has 1 aliphatic heterocycles. The minimum atomic E-state index is -0.0395. The molecule has 0 aliphatic carbocycles. The molecule has 0 atom stereocenters. The summed E-state index contributed by atoms with van der Waals surface area (Å²) in [5, 5.41) is 0.695. The molecule has 0 radical (unpaired) electrons. The van der Waals surface area contributed by atoms with Crippen molar-refractivity contribution in [2.45, 2.75) is 33.8 Å². The number of carbonyl (C=O) groups excluding carboxylic acids is 1. The van der Waals surface area contributed by atoms with Crippen LogP contribution in [0.15, 0.2) is 79.5 Å². The minimum absolute atomic E-state index is 0.0395. The Morgan fingerprint density at radius 1 is 1.00 bits per heavy atom. The van der Waals surface area contributed by atoms with Crippen molar-refractivity contribution < 1.29 is 14.3 Å². The van der Waals surface area contributed by atoms with Crippen LogP contribution in [0.4, 0.5) is 5.69 Å². The molecule has 3 aromatic carbocycles. The molecule has 0 aromatic heterocycles. The van der Waals surface area contributed by atoms with Gasteiger partial charge in [-0.1, -0.05) is 52.7 Å². The van der Waals surface area contributed by atoms with E-state index in [1.807, 2.05) is 80.6 Å². The highest BCUT2D eigenvalue weighted by molar-refractivity contribution is 9.10. The smallest absolute Gasteiger partial charge is 0.266 e. The molecule has 1 aliphatic rings. The molecule has 3 aromatic rings. The van der Waals surface area contributed by atoms with Gasteiger partial charge >= 0.3 is 0 Å². The Hall–Kier alpha value is -2.55. The van der Waals surface area contributed by atoms with Crippen LogP contribution in [-0.4, -0.2) is 29.1 Å². The summed E-state index contributed by atoms with van der Waals surface area (Å²) in [6.07, 6.45) is 2.73. The fraction of sp³-hybridized carbons (Fsp3) is 0.241. The van der Waals surface area contributed by atoms with Crippen molar-refractivity contribution in [3.63, 3.8) is 0 Å². The lowest BCUT2D eigenvalue weighted by molar-refractivity contribution is -0.122. The molecule has 1 heterocycles. The van der Waals surface area contributed by atoms with Crippen LogP contribution in [0.3, 0.4) is 0 Å². The number of benzene rings is 3. The number of aliphatic imine (C=N–C) groups is 1. The van der Waals surface area contributed by atoms with Crippen molar-refractivity contribution in [3.05, 3.63) is 91.2 Å². The maximum Gasteiger partial charge on any atom is 0.266 e. The standard InChI is InChI=1S/C29H28Br2N2O3S/c1-4-14-33-28(34)26(37-29(33)32-23-12-6-19(3)7-13-23)17-21-15-24(31)27(25(16-21)35-5-2)36-18-20-8-10-22(30)11-9-20/h6-13,15-17H,4-5,14,18H2,1-3H3/b26-17+,32-29?. The summed E-state index contributed by atoms with van der Waals surface area (Å²) < 4.78 is 13.8. The molecule has 1 fully saturated rings. The second kappa shape index (κ2) is 12.8. The molecular weight excluding hydrogens is 616 g/mol. The fourth-order valence-corrected chi connectivity index (χ4v) is 5.57. The minimum Gasteiger partial charge on any atom is -0.490 e. The Bertz CT molecular complexity index is 1320. The topological polar surface area (TPSA) is 51.1 Å². The van der Waals surface area contributed by atoms with Gasteiger partial charge in [-0.3, -0.25) is 9.69 Å². The number of hydrogen-bond donors (Lipinski definition) is 0. The molecule has 0 unspecified atom stereocenters. The van der Waals surface area contributed by atoms with Gasteiger partial charge in [0.25, 0.3) is 5.91 Å². The maximum absolute atomic E-state index is 13.3. The maximum atomic E-state index is 13.3. The lowest BCUT2D eigenvalue weighted by Gasteiger charge is -2.15. The van der Waals surface area contributed by atoms with Crippen molar-refractivity contribution in [1.82, 2.24) is 4.90 Å². The van der Waals surface area contributed by atoms with Crippen LogP contribution in [0, 0.1) is 6.92 Å². The number of hydrogen-bond acceptors (Lipinski definition) is 5. The zero-order chi connectivity index (χ0) is 26.4. The Morgan fingerprint density at radius 2 is 1.73 bits per heavy atom. The van der Waals surface area contributed by atoms with Gasteiger partial charge in [0, 0.05) is 11.0 Å². The van der Waals surface area contributed by atoms with Gasteiger partial charge < -0.3 is 9.47 Å². The first kappa shape index (κ1) is 27.5. The summed E-state index contributed by atoms with van der Waals surface area (Å²) in [4.78, 5) is 20.4. The van der Waals surface area contributed by atoms with E-state index in [1.165, 1.54) is 17.3 Å². The summed E-state index contributed by atoms with van der Waals surface area (Å²) in [5.41, 5.74) is 3.89. The fourth-order valence-electron chi connectivity index (χ4n) is 3.70. The van der Waals surface area contributed by atoms with Crippen LogP contribution in [-0.2, 0) is 11.4 Å². The molecule has 0 bridgehead atoms. The highest BCUT2D eigenvalue weighted by atomic mass is 79.9. The van der Waals surface area contributed by atoms with Gasteiger partial charge in [-0.05, 0) is 102 Å². The second-order valence-corrected chi connectivity index (χ2v) is 11.3. The molecule has 8 heteroatoms. The van der Waals surface area contributed by atoms with Gasteiger partial charge in [-0.2, -0.15) is 0 Å². The van der Waals surface area contributed by atoms with Gasteiger partial charge in [0.05, 0.1) is 21.7 Å². The Labute approximate surface area is 239 Å². The first-order chi connectivity index (χ1) is 17.9. The van der Waals surface area contributed by atoms with Gasteiger partial charge in [0.2, 0.25) is 0 Å². The highest BCUT2D eigenvalue weighted by Gasteiger charge is 2.33. The number of aryl methyl sites for hydroxylation is 1.